The first kappa shape index (κ1) is 15.0. The zero-order valence-corrected chi connectivity index (χ0v) is 12.3. The molecule has 0 spiro atoms. The van der Waals surface area contributed by atoms with Gasteiger partial charge >= 0.3 is 5.97 Å². The second-order valence-corrected chi connectivity index (χ2v) is 4.92. The third-order valence-electron chi connectivity index (χ3n) is 2.32. The summed E-state index contributed by atoms with van der Waals surface area (Å²) in [7, 11) is 0. The topological polar surface area (TPSA) is 46.5 Å². The molecule has 1 aromatic carbocycles. The van der Waals surface area contributed by atoms with Crippen LogP contribution < -0.4 is 4.74 Å². The van der Waals surface area contributed by atoms with E-state index in [9.17, 15) is 4.79 Å². The Kier molecular flexibility index (Phi) is 7.48. The standard InChI is InChI=1S/C14H17IO3/c15-9-2-1-3-10-18-13-6-4-5-12(11-13)7-8-14(16)17/h4-8,11H,1-3,9-10H2,(H,16,17). The highest BCUT2D eigenvalue weighted by Gasteiger charge is 1.96. The quantitative estimate of drug-likeness (QED) is 0.332. The number of hydrogen-bond acceptors (Lipinski definition) is 2. The fourth-order valence-electron chi connectivity index (χ4n) is 1.44. The molecule has 98 valence electrons. The minimum atomic E-state index is -0.944. The minimum Gasteiger partial charge on any atom is -0.494 e. The summed E-state index contributed by atoms with van der Waals surface area (Å²) in [4.78, 5) is 10.4. The molecule has 18 heavy (non-hydrogen) atoms. The maximum absolute atomic E-state index is 10.4. The molecule has 0 radical (unpaired) electrons. The Bertz CT molecular complexity index is 402. The van der Waals surface area contributed by atoms with Crippen LogP contribution in [0.3, 0.4) is 0 Å². The second kappa shape index (κ2) is 8.97. The van der Waals surface area contributed by atoms with Gasteiger partial charge in [0.2, 0.25) is 0 Å². The van der Waals surface area contributed by atoms with Crippen LogP contribution in [0.25, 0.3) is 6.08 Å². The van der Waals surface area contributed by atoms with Gasteiger partial charge in [-0.3, -0.25) is 0 Å². The summed E-state index contributed by atoms with van der Waals surface area (Å²) in [5, 5.41) is 8.55. The first-order valence-corrected chi connectivity index (χ1v) is 7.45. The Morgan fingerprint density at radius 2 is 2.17 bits per heavy atom. The van der Waals surface area contributed by atoms with Crippen molar-refractivity contribution in [1.29, 1.82) is 0 Å². The number of benzene rings is 1. The van der Waals surface area contributed by atoms with Gasteiger partial charge in [-0.15, -0.1) is 0 Å². The Hall–Kier alpha value is -1.04. The Balaban J connectivity index is 2.42. The van der Waals surface area contributed by atoms with Crippen molar-refractivity contribution in [2.45, 2.75) is 19.3 Å². The van der Waals surface area contributed by atoms with E-state index in [0.717, 1.165) is 23.8 Å². The van der Waals surface area contributed by atoms with Crippen LogP contribution >= 0.6 is 22.6 Å². The molecule has 3 nitrogen and oxygen atoms in total. The lowest BCUT2D eigenvalue weighted by atomic mass is 10.2. The minimum absolute atomic E-state index is 0.711. The van der Waals surface area contributed by atoms with Gasteiger partial charge in [0.25, 0.3) is 0 Å². The first-order chi connectivity index (χ1) is 8.72. The summed E-state index contributed by atoms with van der Waals surface area (Å²) < 4.78 is 6.80. The molecule has 1 N–H and O–H groups in total. The average Bonchev–Trinajstić information content (AvgIpc) is 2.37. The number of rotatable bonds is 8. The highest BCUT2D eigenvalue weighted by Crippen LogP contribution is 2.15. The van der Waals surface area contributed by atoms with E-state index in [1.54, 1.807) is 6.08 Å². The normalized spacial score (nSPS) is 10.7. The molecule has 1 aromatic rings. The molecule has 0 amide bonds. The van der Waals surface area contributed by atoms with E-state index in [-0.39, 0.29) is 0 Å². The van der Waals surface area contributed by atoms with Gasteiger partial charge in [-0.2, -0.15) is 0 Å². The molecule has 4 heteroatoms. The van der Waals surface area contributed by atoms with Crippen molar-refractivity contribution in [2.75, 3.05) is 11.0 Å². The van der Waals surface area contributed by atoms with Crippen LogP contribution in [0.4, 0.5) is 0 Å². The van der Waals surface area contributed by atoms with Crippen LogP contribution in [0.5, 0.6) is 5.75 Å². The highest BCUT2D eigenvalue weighted by molar-refractivity contribution is 14.1. The Labute approximate surface area is 121 Å². The van der Waals surface area contributed by atoms with E-state index in [4.69, 9.17) is 9.84 Å². The van der Waals surface area contributed by atoms with Gasteiger partial charge in [0, 0.05) is 6.08 Å². The van der Waals surface area contributed by atoms with Crippen molar-refractivity contribution in [3.63, 3.8) is 0 Å². The number of unbranched alkanes of at least 4 members (excludes halogenated alkanes) is 2. The molecule has 0 saturated heterocycles. The lowest BCUT2D eigenvalue weighted by molar-refractivity contribution is -0.131. The number of carboxylic acid groups (broad SMARTS) is 1. The molecule has 0 aliphatic rings. The largest absolute Gasteiger partial charge is 0.494 e. The third kappa shape index (κ3) is 6.64. The van der Waals surface area contributed by atoms with E-state index >= 15 is 0 Å². The van der Waals surface area contributed by atoms with E-state index in [0.29, 0.717) is 6.61 Å². The summed E-state index contributed by atoms with van der Waals surface area (Å²) >= 11 is 2.37. The van der Waals surface area contributed by atoms with Crippen molar-refractivity contribution in [1.82, 2.24) is 0 Å². The summed E-state index contributed by atoms with van der Waals surface area (Å²) in [6.45, 7) is 0.711. The zero-order chi connectivity index (χ0) is 13.2. The average molecular weight is 360 g/mol. The summed E-state index contributed by atoms with van der Waals surface area (Å²) in [5.74, 6) is -0.155. The highest BCUT2D eigenvalue weighted by atomic mass is 127. The lowest BCUT2D eigenvalue weighted by Crippen LogP contribution is -1.97. The van der Waals surface area contributed by atoms with Gasteiger partial charge in [-0.25, -0.2) is 4.79 Å². The summed E-state index contributed by atoms with van der Waals surface area (Å²) in [6.07, 6.45) is 6.15. The number of carbonyl (C=O) groups is 1. The fraction of sp³-hybridized carbons (Fsp3) is 0.357. The Morgan fingerprint density at radius 1 is 1.33 bits per heavy atom. The van der Waals surface area contributed by atoms with Crippen LogP contribution in [0.1, 0.15) is 24.8 Å². The van der Waals surface area contributed by atoms with Crippen molar-refractivity contribution in [3.05, 3.63) is 35.9 Å². The monoisotopic (exact) mass is 360 g/mol. The molecule has 0 aromatic heterocycles. The lowest BCUT2D eigenvalue weighted by Gasteiger charge is -2.06. The third-order valence-corrected chi connectivity index (χ3v) is 3.09. The molecule has 1 rings (SSSR count). The van der Waals surface area contributed by atoms with Crippen LogP contribution in [-0.4, -0.2) is 22.1 Å². The number of alkyl halides is 1. The van der Waals surface area contributed by atoms with Crippen molar-refractivity contribution >= 4 is 34.6 Å². The van der Waals surface area contributed by atoms with E-state index in [2.05, 4.69) is 22.6 Å². The first-order valence-electron chi connectivity index (χ1n) is 5.92. The maximum Gasteiger partial charge on any atom is 0.328 e. The number of halogens is 1. The number of aliphatic carboxylic acids is 1. The molecular formula is C14H17IO3. The predicted molar refractivity (Wildman–Crippen MR) is 81.3 cm³/mol. The van der Waals surface area contributed by atoms with E-state index < -0.39 is 5.97 Å². The van der Waals surface area contributed by atoms with Gasteiger partial charge < -0.3 is 9.84 Å². The zero-order valence-electron chi connectivity index (χ0n) is 10.1. The number of carboxylic acids is 1. The molecule has 0 bridgehead atoms. The molecule has 0 atom stereocenters. The Morgan fingerprint density at radius 3 is 2.89 bits per heavy atom. The van der Waals surface area contributed by atoms with Crippen LogP contribution in [0, 0.1) is 0 Å². The molecule has 0 aliphatic carbocycles. The van der Waals surface area contributed by atoms with Gasteiger partial charge in [0.1, 0.15) is 5.75 Å². The van der Waals surface area contributed by atoms with Gasteiger partial charge in [0.05, 0.1) is 6.61 Å². The predicted octanol–water partition coefficient (Wildman–Crippen LogP) is 3.77. The van der Waals surface area contributed by atoms with Crippen molar-refractivity contribution in [3.8, 4) is 5.75 Å². The SMILES string of the molecule is O=C(O)C=Cc1cccc(OCCCCCI)c1. The van der Waals surface area contributed by atoms with Crippen LogP contribution in [0.2, 0.25) is 0 Å². The number of ether oxygens (including phenoxy) is 1. The molecule has 0 heterocycles. The van der Waals surface area contributed by atoms with Crippen LogP contribution in [0.15, 0.2) is 30.3 Å². The molecule has 0 aliphatic heterocycles. The molecular weight excluding hydrogens is 343 g/mol. The van der Waals surface area contributed by atoms with Crippen molar-refractivity contribution in [2.24, 2.45) is 0 Å². The summed E-state index contributed by atoms with van der Waals surface area (Å²) in [5.41, 5.74) is 0.835. The molecule has 0 fully saturated rings. The van der Waals surface area contributed by atoms with E-state index in [1.165, 1.54) is 17.3 Å². The second-order valence-electron chi connectivity index (χ2n) is 3.84. The summed E-state index contributed by atoms with van der Waals surface area (Å²) in [6, 6.07) is 7.44. The van der Waals surface area contributed by atoms with Gasteiger partial charge in [-0.1, -0.05) is 34.7 Å². The molecule has 0 unspecified atom stereocenters. The smallest absolute Gasteiger partial charge is 0.328 e. The van der Waals surface area contributed by atoms with Crippen LogP contribution in [-0.2, 0) is 4.79 Å². The fourth-order valence-corrected chi connectivity index (χ4v) is 1.98. The van der Waals surface area contributed by atoms with E-state index in [1.807, 2.05) is 24.3 Å². The van der Waals surface area contributed by atoms with Crippen molar-refractivity contribution < 1.29 is 14.6 Å². The van der Waals surface area contributed by atoms with Gasteiger partial charge in [-0.05, 0) is 47.5 Å². The maximum atomic E-state index is 10.4. The molecule has 0 saturated carbocycles. The number of hydrogen-bond donors (Lipinski definition) is 1. The van der Waals surface area contributed by atoms with Gasteiger partial charge in [0.15, 0.2) is 0 Å².